The monoisotopic (exact) mass is 304 g/mol. The molecule has 2 unspecified atom stereocenters. The van der Waals surface area contributed by atoms with E-state index in [1.54, 1.807) is 0 Å². The van der Waals surface area contributed by atoms with E-state index < -0.39 is 5.60 Å². The first kappa shape index (κ1) is 16.8. The van der Waals surface area contributed by atoms with Crippen molar-refractivity contribution in [2.45, 2.75) is 71.2 Å². The molecular weight excluding hydrogens is 276 g/mol. The lowest BCUT2D eigenvalue weighted by Gasteiger charge is -2.25. The molecule has 1 aromatic rings. The second-order valence-electron chi connectivity index (χ2n) is 7.16. The van der Waals surface area contributed by atoms with Crippen LogP contribution in [0.1, 0.15) is 51.2 Å². The number of rotatable bonds is 4. The van der Waals surface area contributed by atoms with Crippen LogP contribution in [-0.4, -0.2) is 23.8 Å². The van der Waals surface area contributed by atoms with Gasteiger partial charge in [-0.05, 0) is 52.5 Å². The summed E-state index contributed by atoms with van der Waals surface area (Å²) in [6, 6.07) is 8.97. The van der Waals surface area contributed by atoms with Crippen LogP contribution in [-0.2, 0) is 11.3 Å². The van der Waals surface area contributed by atoms with E-state index in [4.69, 9.17) is 4.74 Å². The van der Waals surface area contributed by atoms with Gasteiger partial charge in [-0.2, -0.15) is 0 Å². The first-order chi connectivity index (χ1) is 10.3. The van der Waals surface area contributed by atoms with E-state index in [1.807, 2.05) is 20.8 Å². The second-order valence-corrected chi connectivity index (χ2v) is 7.16. The fraction of sp³-hybridized carbons (Fsp3) is 0.611. The van der Waals surface area contributed by atoms with E-state index in [9.17, 15) is 4.79 Å². The Hall–Kier alpha value is -1.55. The van der Waals surface area contributed by atoms with Crippen LogP contribution in [0.25, 0.3) is 0 Å². The van der Waals surface area contributed by atoms with Gasteiger partial charge in [0, 0.05) is 18.6 Å². The summed E-state index contributed by atoms with van der Waals surface area (Å²) >= 11 is 0. The molecule has 1 saturated carbocycles. The van der Waals surface area contributed by atoms with Crippen LogP contribution in [0.2, 0.25) is 0 Å². The molecule has 0 saturated heterocycles. The Kier molecular flexibility index (Phi) is 5.46. The molecule has 22 heavy (non-hydrogen) atoms. The maximum atomic E-state index is 11.9. The minimum absolute atomic E-state index is 0.152. The van der Waals surface area contributed by atoms with Gasteiger partial charge in [0.1, 0.15) is 5.60 Å². The molecule has 0 bridgehead atoms. The fourth-order valence-corrected chi connectivity index (χ4v) is 2.91. The first-order valence-corrected chi connectivity index (χ1v) is 8.12. The fourth-order valence-electron chi connectivity index (χ4n) is 2.91. The van der Waals surface area contributed by atoms with Crippen LogP contribution in [0.4, 0.5) is 4.79 Å². The van der Waals surface area contributed by atoms with Crippen molar-refractivity contribution in [2.24, 2.45) is 0 Å². The summed E-state index contributed by atoms with van der Waals surface area (Å²) < 4.78 is 5.35. The molecule has 0 aromatic heterocycles. The molecule has 4 heteroatoms. The van der Waals surface area contributed by atoms with Gasteiger partial charge in [0.05, 0.1) is 0 Å². The molecule has 0 spiro atoms. The molecule has 2 N–H and O–H groups in total. The Morgan fingerprint density at radius 3 is 2.68 bits per heavy atom. The summed E-state index contributed by atoms with van der Waals surface area (Å²) in [7, 11) is 0. The lowest BCUT2D eigenvalue weighted by molar-refractivity contribution is 0.0498. The zero-order valence-electron chi connectivity index (χ0n) is 14.1. The Morgan fingerprint density at radius 2 is 2.00 bits per heavy atom. The third-order valence-corrected chi connectivity index (χ3v) is 3.87. The van der Waals surface area contributed by atoms with Gasteiger partial charge in [-0.1, -0.05) is 29.8 Å². The molecule has 0 radical (unpaired) electrons. The maximum absolute atomic E-state index is 11.9. The Labute approximate surface area is 133 Å². The molecule has 1 aliphatic rings. The van der Waals surface area contributed by atoms with Gasteiger partial charge >= 0.3 is 6.09 Å². The largest absolute Gasteiger partial charge is 0.444 e. The van der Waals surface area contributed by atoms with Crippen LogP contribution in [0.3, 0.4) is 0 Å². The molecule has 2 atom stereocenters. The number of hydrogen-bond acceptors (Lipinski definition) is 3. The number of amides is 1. The standard InChI is InChI=1S/C18H28N2O2/c1-13-7-5-8-14(11-13)12-19-15-9-6-10-16(15)20-17(21)22-18(2,3)4/h5,7-8,11,15-16,19H,6,9-10,12H2,1-4H3,(H,20,21). The Balaban J connectivity index is 1.84. The molecule has 1 aliphatic carbocycles. The molecule has 1 fully saturated rings. The highest BCUT2D eigenvalue weighted by Gasteiger charge is 2.29. The number of aryl methyl sites for hydroxylation is 1. The highest BCUT2D eigenvalue weighted by molar-refractivity contribution is 5.68. The van der Waals surface area contributed by atoms with Crippen LogP contribution >= 0.6 is 0 Å². The summed E-state index contributed by atoms with van der Waals surface area (Å²) in [4.78, 5) is 11.9. The van der Waals surface area contributed by atoms with Crippen molar-refractivity contribution in [1.82, 2.24) is 10.6 Å². The minimum atomic E-state index is -0.451. The van der Waals surface area contributed by atoms with Crippen molar-refractivity contribution < 1.29 is 9.53 Å². The second kappa shape index (κ2) is 7.14. The SMILES string of the molecule is Cc1cccc(CNC2CCCC2NC(=O)OC(C)(C)C)c1. The lowest BCUT2D eigenvalue weighted by atomic mass is 10.1. The molecule has 1 aromatic carbocycles. The zero-order valence-corrected chi connectivity index (χ0v) is 14.1. The number of benzene rings is 1. The van der Waals surface area contributed by atoms with E-state index in [2.05, 4.69) is 41.8 Å². The predicted octanol–water partition coefficient (Wildman–Crippen LogP) is 3.53. The molecule has 4 nitrogen and oxygen atoms in total. The summed E-state index contributed by atoms with van der Waals surface area (Å²) in [6.45, 7) is 8.59. The number of carbonyl (C=O) groups excluding carboxylic acids is 1. The molecule has 0 aliphatic heterocycles. The van der Waals surface area contributed by atoms with Gasteiger partial charge in [-0.25, -0.2) is 4.79 Å². The molecular formula is C18H28N2O2. The number of hydrogen-bond donors (Lipinski definition) is 2. The average Bonchev–Trinajstić information content (AvgIpc) is 2.81. The maximum Gasteiger partial charge on any atom is 0.407 e. The Morgan fingerprint density at radius 1 is 1.27 bits per heavy atom. The molecule has 2 rings (SSSR count). The average molecular weight is 304 g/mol. The predicted molar refractivity (Wildman–Crippen MR) is 88.8 cm³/mol. The van der Waals surface area contributed by atoms with Crippen molar-refractivity contribution >= 4 is 6.09 Å². The van der Waals surface area contributed by atoms with E-state index in [0.29, 0.717) is 6.04 Å². The lowest BCUT2D eigenvalue weighted by Crippen LogP contribution is -2.47. The highest BCUT2D eigenvalue weighted by atomic mass is 16.6. The van der Waals surface area contributed by atoms with Crippen molar-refractivity contribution in [3.8, 4) is 0 Å². The van der Waals surface area contributed by atoms with E-state index in [0.717, 1.165) is 25.8 Å². The summed E-state index contributed by atoms with van der Waals surface area (Å²) in [5, 5.41) is 6.58. The third kappa shape index (κ3) is 5.34. The van der Waals surface area contributed by atoms with Crippen molar-refractivity contribution in [3.05, 3.63) is 35.4 Å². The summed E-state index contributed by atoms with van der Waals surface area (Å²) in [5.74, 6) is 0. The van der Waals surface area contributed by atoms with Gasteiger partial charge in [0.2, 0.25) is 0 Å². The van der Waals surface area contributed by atoms with E-state index in [1.165, 1.54) is 11.1 Å². The topological polar surface area (TPSA) is 50.4 Å². The van der Waals surface area contributed by atoms with Crippen molar-refractivity contribution in [2.75, 3.05) is 0 Å². The number of nitrogens with one attached hydrogen (secondary N) is 2. The third-order valence-electron chi connectivity index (χ3n) is 3.87. The summed E-state index contributed by atoms with van der Waals surface area (Å²) in [5.41, 5.74) is 2.10. The van der Waals surface area contributed by atoms with Gasteiger partial charge in [-0.15, -0.1) is 0 Å². The van der Waals surface area contributed by atoms with Gasteiger partial charge in [-0.3, -0.25) is 0 Å². The highest BCUT2D eigenvalue weighted by Crippen LogP contribution is 2.20. The van der Waals surface area contributed by atoms with Gasteiger partial charge in [0.15, 0.2) is 0 Å². The molecule has 122 valence electrons. The number of carbonyl (C=O) groups is 1. The smallest absolute Gasteiger partial charge is 0.407 e. The van der Waals surface area contributed by atoms with Gasteiger partial charge in [0.25, 0.3) is 0 Å². The quantitative estimate of drug-likeness (QED) is 0.894. The van der Waals surface area contributed by atoms with E-state index >= 15 is 0 Å². The molecule has 0 heterocycles. The van der Waals surface area contributed by atoms with Gasteiger partial charge < -0.3 is 15.4 Å². The minimum Gasteiger partial charge on any atom is -0.444 e. The van der Waals surface area contributed by atoms with E-state index in [-0.39, 0.29) is 12.1 Å². The number of alkyl carbamates (subject to hydrolysis) is 1. The summed E-state index contributed by atoms with van der Waals surface area (Å²) in [6.07, 6.45) is 2.91. The van der Waals surface area contributed by atoms with Crippen LogP contribution in [0.5, 0.6) is 0 Å². The van der Waals surface area contributed by atoms with Crippen molar-refractivity contribution in [1.29, 1.82) is 0 Å². The van der Waals surface area contributed by atoms with Crippen LogP contribution in [0, 0.1) is 6.92 Å². The normalized spacial score (nSPS) is 21.6. The zero-order chi connectivity index (χ0) is 16.2. The number of ether oxygens (including phenoxy) is 1. The molecule has 1 amide bonds. The van der Waals surface area contributed by atoms with Crippen LogP contribution < -0.4 is 10.6 Å². The first-order valence-electron chi connectivity index (χ1n) is 8.12. The Bertz CT molecular complexity index is 508. The van der Waals surface area contributed by atoms with Crippen molar-refractivity contribution in [3.63, 3.8) is 0 Å². The van der Waals surface area contributed by atoms with Crippen LogP contribution in [0.15, 0.2) is 24.3 Å².